The number of carbonyl (C=O) groups excluding carboxylic acids is 2. The van der Waals surface area contributed by atoms with Crippen LogP contribution in [0, 0.1) is 0 Å². The summed E-state index contributed by atoms with van der Waals surface area (Å²) < 4.78 is 17.8. The summed E-state index contributed by atoms with van der Waals surface area (Å²) in [5.41, 5.74) is 1.77. The van der Waals surface area contributed by atoms with Crippen LogP contribution in [0.5, 0.6) is 11.5 Å². The van der Waals surface area contributed by atoms with Crippen molar-refractivity contribution in [1.82, 2.24) is 4.57 Å². The lowest BCUT2D eigenvalue weighted by atomic mass is 9.96. The Balaban J connectivity index is 1.93. The van der Waals surface area contributed by atoms with E-state index in [1.807, 2.05) is 12.1 Å². The molecule has 0 bridgehead atoms. The summed E-state index contributed by atoms with van der Waals surface area (Å²) in [5, 5.41) is 0. The Bertz CT molecular complexity index is 1500. The zero-order chi connectivity index (χ0) is 25.1. The van der Waals surface area contributed by atoms with Crippen molar-refractivity contribution < 1.29 is 23.8 Å². The molecule has 180 valence electrons. The van der Waals surface area contributed by atoms with Crippen molar-refractivity contribution in [2.45, 2.75) is 26.8 Å². The number of benzene rings is 2. The third-order valence-corrected chi connectivity index (χ3v) is 6.39. The van der Waals surface area contributed by atoms with Gasteiger partial charge in [-0.15, -0.1) is 0 Å². The molecule has 0 spiro atoms. The molecule has 0 saturated carbocycles. The van der Waals surface area contributed by atoms with Crippen LogP contribution in [0.3, 0.4) is 0 Å². The molecule has 35 heavy (non-hydrogen) atoms. The quantitative estimate of drug-likeness (QED) is 0.388. The Kier molecular flexibility index (Phi) is 6.97. The van der Waals surface area contributed by atoms with Gasteiger partial charge in [0.1, 0.15) is 11.5 Å². The van der Waals surface area contributed by atoms with E-state index in [1.165, 1.54) is 22.8 Å². The maximum atomic E-state index is 13.7. The molecular formula is C26H24N2O6S. The van der Waals surface area contributed by atoms with Crippen molar-refractivity contribution >= 4 is 29.4 Å². The average molecular weight is 493 g/mol. The number of carbonyl (C=O) groups is 2. The van der Waals surface area contributed by atoms with Gasteiger partial charge in [0.2, 0.25) is 0 Å². The topological polar surface area (TPSA) is 96.2 Å². The van der Waals surface area contributed by atoms with Gasteiger partial charge in [-0.3, -0.25) is 14.2 Å². The fraction of sp³-hybridized carbons (Fsp3) is 0.231. The summed E-state index contributed by atoms with van der Waals surface area (Å²) in [6.45, 7) is 4.98. The molecule has 0 saturated heterocycles. The van der Waals surface area contributed by atoms with Crippen LogP contribution in [0.2, 0.25) is 0 Å². The number of esters is 2. The summed E-state index contributed by atoms with van der Waals surface area (Å²) in [4.78, 5) is 43.1. The number of methoxy groups -OCH3 is 1. The van der Waals surface area contributed by atoms with Crippen molar-refractivity contribution in [1.29, 1.82) is 0 Å². The standard InChI is InChI=1S/C26H24N2O6S/c1-5-33-25(31)22-15(2)27-26-28(23(22)17-10-12-19(32-4)13-11-17)24(30)21(35-26)14-18-8-6-7-9-20(18)34-16(3)29/h6-14,23H,5H2,1-4H3/b21-14-/t23-/m0/s1. The average Bonchev–Trinajstić information content (AvgIpc) is 3.13. The lowest BCUT2D eigenvalue weighted by Crippen LogP contribution is -2.39. The number of hydrogen-bond acceptors (Lipinski definition) is 8. The van der Waals surface area contributed by atoms with Crippen LogP contribution in [0.15, 0.2) is 69.6 Å². The van der Waals surface area contributed by atoms with E-state index in [2.05, 4.69) is 4.99 Å². The minimum Gasteiger partial charge on any atom is -0.497 e. The van der Waals surface area contributed by atoms with Gasteiger partial charge in [0.05, 0.1) is 35.6 Å². The molecule has 0 fully saturated rings. The third-order valence-electron chi connectivity index (χ3n) is 5.41. The smallest absolute Gasteiger partial charge is 0.338 e. The minimum absolute atomic E-state index is 0.197. The van der Waals surface area contributed by atoms with Crippen molar-refractivity contribution in [2.75, 3.05) is 13.7 Å². The molecule has 4 rings (SSSR count). The Hall–Kier alpha value is -3.98. The molecule has 0 aliphatic carbocycles. The number of fused-ring (bicyclic) bond motifs is 1. The maximum Gasteiger partial charge on any atom is 0.338 e. The molecule has 0 N–H and O–H groups in total. The third kappa shape index (κ3) is 4.81. The second-order valence-corrected chi connectivity index (χ2v) is 8.72. The molecule has 1 atom stereocenters. The fourth-order valence-corrected chi connectivity index (χ4v) is 4.92. The first kappa shape index (κ1) is 24.2. The molecule has 8 nitrogen and oxygen atoms in total. The van der Waals surface area contributed by atoms with E-state index < -0.39 is 18.0 Å². The SMILES string of the molecule is CCOC(=O)C1=C(C)N=c2s/c(=C\c3ccccc3OC(C)=O)c(=O)n2[C@H]1c1ccc(OC)cc1. The minimum atomic E-state index is -0.720. The Morgan fingerprint density at radius 2 is 1.86 bits per heavy atom. The molecule has 0 radical (unpaired) electrons. The largest absolute Gasteiger partial charge is 0.497 e. The summed E-state index contributed by atoms with van der Waals surface area (Å²) in [5.74, 6) is 0.0214. The highest BCUT2D eigenvalue weighted by Gasteiger charge is 2.33. The van der Waals surface area contributed by atoms with E-state index in [0.717, 1.165) is 5.56 Å². The van der Waals surface area contributed by atoms with Crippen molar-refractivity contribution in [3.63, 3.8) is 0 Å². The van der Waals surface area contributed by atoms with Crippen LogP contribution < -0.4 is 24.4 Å². The summed E-state index contributed by atoms with van der Waals surface area (Å²) in [6.07, 6.45) is 1.66. The Labute approximate surface area is 205 Å². The van der Waals surface area contributed by atoms with Crippen LogP contribution in [0.4, 0.5) is 0 Å². The van der Waals surface area contributed by atoms with E-state index in [0.29, 0.717) is 37.7 Å². The molecule has 2 aromatic carbocycles. The maximum absolute atomic E-state index is 13.7. The highest BCUT2D eigenvalue weighted by atomic mass is 32.1. The lowest BCUT2D eigenvalue weighted by Gasteiger charge is -2.24. The second kappa shape index (κ2) is 10.1. The first-order chi connectivity index (χ1) is 16.8. The van der Waals surface area contributed by atoms with Gasteiger partial charge in [0, 0.05) is 12.5 Å². The number of ether oxygens (including phenoxy) is 3. The highest BCUT2D eigenvalue weighted by Crippen LogP contribution is 2.31. The van der Waals surface area contributed by atoms with Crippen LogP contribution in [-0.4, -0.2) is 30.2 Å². The van der Waals surface area contributed by atoms with E-state index in [-0.39, 0.29) is 12.2 Å². The van der Waals surface area contributed by atoms with E-state index >= 15 is 0 Å². The van der Waals surface area contributed by atoms with E-state index in [4.69, 9.17) is 14.2 Å². The van der Waals surface area contributed by atoms with Gasteiger partial charge in [-0.05, 0) is 43.7 Å². The second-order valence-electron chi connectivity index (χ2n) is 7.71. The van der Waals surface area contributed by atoms with Gasteiger partial charge in [-0.2, -0.15) is 0 Å². The first-order valence-electron chi connectivity index (χ1n) is 10.9. The van der Waals surface area contributed by atoms with Crippen molar-refractivity contribution in [3.05, 3.63) is 90.6 Å². The molecule has 0 unspecified atom stereocenters. The molecule has 3 aromatic rings. The van der Waals surface area contributed by atoms with Gasteiger partial charge < -0.3 is 14.2 Å². The zero-order valence-electron chi connectivity index (χ0n) is 19.7. The molecule has 1 aliphatic heterocycles. The van der Waals surface area contributed by atoms with Gasteiger partial charge in [0.15, 0.2) is 4.80 Å². The molecule has 2 heterocycles. The van der Waals surface area contributed by atoms with Crippen LogP contribution >= 0.6 is 11.3 Å². The van der Waals surface area contributed by atoms with E-state index in [9.17, 15) is 14.4 Å². The van der Waals surface area contributed by atoms with Gasteiger partial charge in [0.25, 0.3) is 5.56 Å². The zero-order valence-corrected chi connectivity index (χ0v) is 20.5. The van der Waals surface area contributed by atoms with E-state index in [1.54, 1.807) is 63.4 Å². The molecule has 1 aliphatic rings. The molecule has 9 heteroatoms. The molecule has 0 amide bonds. The number of hydrogen-bond donors (Lipinski definition) is 0. The monoisotopic (exact) mass is 492 g/mol. The highest BCUT2D eigenvalue weighted by molar-refractivity contribution is 7.07. The predicted octanol–water partition coefficient (Wildman–Crippen LogP) is 2.73. The van der Waals surface area contributed by atoms with Crippen molar-refractivity contribution in [2.24, 2.45) is 4.99 Å². The van der Waals surface area contributed by atoms with Gasteiger partial charge >= 0.3 is 11.9 Å². The number of aromatic nitrogens is 1. The van der Waals surface area contributed by atoms with Crippen LogP contribution in [-0.2, 0) is 14.3 Å². The summed E-state index contributed by atoms with van der Waals surface area (Å²) in [7, 11) is 1.57. The predicted molar refractivity (Wildman–Crippen MR) is 131 cm³/mol. The lowest BCUT2D eigenvalue weighted by molar-refractivity contribution is -0.139. The van der Waals surface area contributed by atoms with Gasteiger partial charge in [-0.25, -0.2) is 9.79 Å². The molecular weight excluding hydrogens is 468 g/mol. The first-order valence-corrected chi connectivity index (χ1v) is 11.8. The number of para-hydroxylation sites is 1. The Morgan fingerprint density at radius 1 is 1.14 bits per heavy atom. The van der Waals surface area contributed by atoms with Crippen LogP contribution in [0.1, 0.15) is 37.9 Å². The number of rotatable bonds is 6. The normalized spacial score (nSPS) is 15.3. The Morgan fingerprint density at radius 3 is 2.51 bits per heavy atom. The van der Waals surface area contributed by atoms with Crippen molar-refractivity contribution in [3.8, 4) is 11.5 Å². The fourth-order valence-electron chi connectivity index (χ4n) is 3.88. The summed E-state index contributed by atoms with van der Waals surface area (Å²) in [6, 6.07) is 13.4. The number of allylic oxidation sites excluding steroid dienone is 1. The summed E-state index contributed by atoms with van der Waals surface area (Å²) >= 11 is 1.20. The number of thiazole rings is 1. The van der Waals surface area contributed by atoms with Crippen LogP contribution in [0.25, 0.3) is 6.08 Å². The van der Waals surface area contributed by atoms with Gasteiger partial charge in [-0.1, -0.05) is 41.7 Å². The molecule has 1 aromatic heterocycles. The number of nitrogens with zero attached hydrogens (tertiary/aromatic N) is 2.